The molecule has 1 saturated heterocycles. The fourth-order valence-corrected chi connectivity index (χ4v) is 2.34. The molecular formula is C14H21N3O3. The van der Waals surface area contributed by atoms with Crippen molar-refractivity contribution in [2.45, 2.75) is 19.9 Å². The maximum Gasteiger partial charge on any atom is 0.335 e. The number of aromatic nitrogens is 1. The Morgan fingerprint density at radius 3 is 2.85 bits per heavy atom. The second-order valence-corrected chi connectivity index (χ2v) is 5.15. The van der Waals surface area contributed by atoms with E-state index in [1.165, 1.54) is 0 Å². The van der Waals surface area contributed by atoms with Gasteiger partial charge in [0.05, 0.1) is 18.8 Å². The standard InChI is InChI=1S/C14H21N3O3/c1-10-7-12(14(18)19)8-13(15-10)16-11(2)9-17-3-5-20-6-4-17/h7-8,11H,3-6,9H2,1-2H3,(H,15,16)(H,18,19). The number of carboxylic acid groups (broad SMARTS) is 1. The summed E-state index contributed by atoms with van der Waals surface area (Å²) in [6.45, 7) is 8.18. The largest absolute Gasteiger partial charge is 0.478 e. The van der Waals surface area contributed by atoms with Gasteiger partial charge in [-0.25, -0.2) is 9.78 Å². The van der Waals surface area contributed by atoms with Gasteiger partial charge in [-0.1, -0.05) is 0 Å². The average Bonchev–Trinajstić information content (AvgIpc) is 2.38. The van der Waals surface area contributed by atoms with Crippen LogP contribution in [0.5, 0.6) is 0 Å². The minimum absolute atomic E-state index is 0.198. The number of ether oxygens (including phenoxy) is 1. The van der Waals surface area contributed by atoms with Gasteiger partial charge in [0.2, 0.25) is 0 Å². The lowest BCUT2D eigenvalue weighted by Gasteiger charge is -2.29. The Morgan fingerprint density at radius 2 is 2.20 bits per heavy atom. The summed E-state index contributed by atoms with van der Waals surface area (Å²) in [4.78, 5) is 17.7. The van der Waals surface area contributed by atoms with E-state index in [0.29, 0.717) is 11.5 Å². The molecule has 0 spiro atoms. The molecule has 2 heterocycles. The minimum atomic E-state index is -0.931. The van der Waals surface area contributed by atoms with E-state index in [9.17, 15) is 4.79 Å². The van der Waals surface area contributed by atoms with Crippen LogP contribution in [0.1, 0.15) is 23.0 Å². The molecule has 2 N–H and O–H groups in total. The molecule has 0 aromatic carbocycles. The molecule has 20 heavy (non-hydrogen) atoms. The molecule has 110 valence electrons. The van der Waals surface area contributed by atoms with Gasteiger partial charge in [-0.2, -0.15) is 0 Å². The monoisotopic (exact) mass is 279 g/mol. The van der Waals surface area contributed by atoms with E-state index in [0.717, 1.165) is 32.8 Å². The number of carbonyl (C=O) groups is 1. The molecule has 0 bridgehead atoms. The molecule has 0 aliphatic carbocycles. The maximum absolute atomic E-state index is 11.0. The molecule has 0 saturated carbocycles. The summed E-state index contributed by atoms with van der Waals surface area (Å²) in [7, 11) is 0. The molecule has 1 aliphatic heterocycles. The van der Waals surface area contributed by atoms with Crippen LogP contribution in [0.2, 0.25) is 0 Å². The average molecular weight is 279 g/mol. The van der Waals surface area contributed by atoms with E-state index in [1.54, 1.807) is 19.1 Å². The van der Waals surface area contributed by atoms with Crippen LogP contribution in [0.15, 0.2) is 12.1 Å². The van der Waals surface area contributed by atoms with Gasteiger partial charge in [-0.3, -0.25) is 4.90 Å². The van der Waals surface area contributed by atoms with Crippen molar-refractivity contribution >= 4 is 11.8 Å². The first-order valence-electron chi connectivity index (χ1n) is 6.83. The molecule has 1 atom stereocenters. The van der Waals surface area contributed by atoms with Gasteiger partial charge in [0, 0.05) is 31.4 Å². The maximum atomic E-state index is 11.0. The van der Waals surface area contributed by atoms with Crippen LogP contribution in [-0.2, 0) is 4.74 Å². The van der Waals surface area contributed by atoms with Crippen LogP contribution >= 0.6 is 0 Å². The summed E-state index contributed by atoms with van der Waals surface area (Å²) in [5.41, 5.74) is 0.963. The lowest BCUT2D eigenvalue weighted by Crippen LogP contribution is -2.42. The first kappa shape index (κ1) is 14.7. The van der Waals surface area contributed by atoms with Crippen LogP contribution in [0, 0.1) is 6.92 Å². The number of hydrogen-bond donors (Lipinski definition) is 2. The molecule has 1 aromatic rings. The van der Waals surface area contributed by atoms with Crippen molar-refractivity contribution in [1.29, 1.82) is 0 Å². The first-order valence-corrected chi connectivity index (χ1v) is 6.83. The Balaban J connectivity index is 1.96. The zero-order chi connectivity index (χ0) is 14.5. The first-order chi connectivity index (χ1) is 9.54. The van der Waals surface area contributed by atoms with Crippen molar-refractivity contribution in [3.8, 4) is 0 Å². The highest BCUT2D eigenvalue weighted by molar-refractivity contribution is 5.88. The van der Waals surface area contributed by atoms with Crippen molar-refractivity contribution in [1.82, 2.24) is 9.88 Å². The molecule has 1 unspecified atom stereocenters. The highest BCUT2D eigenvalue weighted by Gasteiger charge is 2.14. The zero-order valence-electron chi connectivity index (χ0n) is 11.9. The smallest absolute Gasteiger partial charge is 0.335 e. The fraction of sp³-hybridized carbons (Fsp3) is 0.571. The predicted octanol–water partition coefficient (Wildman–Crippen LogP) is 1.22. The number of anilines is 1. The highest BCUT2D eigenvalue weighted by Crippen LogP contribution is 2.12. The summed E-state index contributed by atoms with van der Waals surface area (Å²) >= 11 is 0. The molecule has 0 radical (unpaired) electrons. The highest BCUT2D eigenvalue weighted by atomic mass is 16.5. The van der Waals surface area contributed by atoms with E-state index in [1.807, 2.05) is 0 Å². The van der Waals surface area contributed by atoms with Crippen molar-refractivity contribution in [2.75, 3.05) is 38.2 Å². The Hall–Kier alpha value is -1.66. The molecule has 2 rings (SSSR count). The van der Waals surface area contributed by atoms with E-state index in [-0.39, 0.29) is 11.6 Å². The van der Waals surface area contributed by atoms with E-state index in [2.05, 4.69) is 22.1 Å². The summed E-state index contributed by atoms with van der Waals surface area (Å²) in [6, 6.07) is 3.34. The van der Waals surface area contributed by atoms with Crippen LogP contribution < -0.4 is 5.32 Å². The van der Waals surface area contributed by atoms with E-state index in [4.69, 9.17) is 9.84 Å². The third-order valence-corrected chi connectivity index (χ3v) is 3.23. The van der Waals surface area contributed by atoms with Crippen LogP contribution in [-0.4, -0.2) is 59.8 Å². The summed E-state index contributed by atoms with van der Waals surface area (Å²) in [6.07, 6.45) is 0. The molecule has 0 amide bonds. The number of aryl methyl sites for hydroxylation is 1. The number of pyridine rings is 1. The molecule has 1 fully saturated rings. The normalized spacial score (nSPS) is 17.7. The van der Waals surface area contributed by atoms with Crippen molar-refractivity contribution in [2.24, 2.45) is 0 Å². The number of carboxylic acids is 1. The Labute approximate surface area is 118 Å². The Bertz CT molecular complexity index is 473. The number of rotatable bonds is 5. The Kier molecular flexibility index (Phi) is 4.92. The second-order valence-electron chi connectivity index (χ2n) is 5.15. The second kappa shape index (κ2) is 6.67. The van der Waals surface area contributed by atoms with Crippen molar-refractivity contribution in [3.05, 3.63) is 23.4 Å². The molecule has 1 aromatic heterocycles. The number of aromatic carboxylic acids is 1. The molecule has 6 heteroatoms. The van der Waals surface area contributed by atoms with Gasteiger partial charge in [-0.15, -0.1) is 0 Å². The SMILES string of the molecule is Cc1cc(C(=O)O)cc(NC(C)CN2CCOCC2)n1. The van der Waals surface area contributed by atoms with Gasteiger partial charge < -0.3 is 15.2 Å². The van der Waals surface area contributed by atoms with Crippen molar-refractivity contribution in [3.63, 3.8) is 0 Å². The van der Waals surface area contributed by atoms with Crippen LogP contribution in [0.4, 0.5) is 5.82 Å². The number of nitrogens with zero attached hydrogens (tertiary/aromatic N) is 2. The zero-order valence-corrected chi connectivity index (χ0v) is 11.9. The molecule has 1 aliphatic rings. The summed E-state index contributed by atoms with van der Waals surface area (Å²) < 4.78 is 5.32. The third-order valence-electron chi connectivity index (χ3n) is 3.23. The summed E-state index contributed by atoms with van der Waals surface area (Å²) in [5, 5.41) is 12.3. The van der Waals surface area contributed by atoms with E-state index >= 15 is 0 Å². The third kappa shape index (κ3) is 4.18. The van der Waals surface area contributed by atoms with Crippen LogP contribution in [0.3, 0.4) is 0 Å². The predicted molar refractivity (Wildman–Crippen MR) is 76.3 cm³/mol. The number of morpholine rings is 1. The van der Waals surface area contributed by atoms with Gasteiger partial charge in [-0.05, 0) is 26.0 Å². The minimum Gasteiger partial charge on any atom is -0.478 e. The quantitative estimate of drug-likeness (QED) is 0.844. The Morgan fingerprint density at radius 1 is 1.50 bits per heavy atom. The van der Waals surface area contributed by atoms with Gasteiger partial charge >= 0.3 is 5.97 Å². The van der Waals surface area contributed by atoms with E-state index < -0.39 is 5.97 Å². The lowest BCUT2D eigenvalue weighted by atomic mass is 10.2. The van der Waals surface area contributed by atoms with Gasteiger partial charge in [0.1, 0.15) is 5.82 Å². The summed E-state index contributed by atoms with van der Waals surface area (Å²) in [5.74, 6) is -0.317. The van der Waals surface area contributed by atoms with Crippen molar-refractivity contribution < 1.29 is 14.6 Å². The molecular weight excluding hydrogens is 258 g/mol. The topological polar surface area (TPSA) is 74.7 Å². The number of hydrogen-bond acceptors (Lipinski definition) is 5. The van der Waals surface area contributed by atoms with Gasteiger partial charge in [0.15, 0.2) is 0 Å². The van der Waals surface area contributed by atoms with Gasteiger partial charge in [0.25, 0.3) is 0 Å². The fourth-order valence-electron chi connectivity index (χ4n) is 2.34. The lowest BCUT2D eigenvalue weighted by molar-refractivity contribution is 0.0368. The number of nitrogens with one attached hydrogen (secondary N) is 1. The van der Waals surface area contributed by atoms with Crippen LogP contribution in [0.25, 0.3) is 0 Å². The molecule has 6 nitrogen and oxygen atoms in total.